The predicted octanol–water partition coefficient (Wildman–Crippen LogP) is 5.10. The monoisotopic (exact) mass is 903 g/mol. The number of rotatable bonds is 16. The molecule has 66 heavy (non-hydrogen) atoms. The summed E-state index contributed by atoms with van der Waals surface area (Å²) in [4.78, 5) is 72.0. The van der Waals surface area contributed by atoms with Crippen molar-refractivity contribution in [2.45, 2.75) is 94.9 Å². The summed E-state index contributed by atoms with van der Waals surface area (Å²) in [7, 11) is 0. The third-order valence-electron chi connectivity index (χ3n) is 13.7. The number of aryl methyl sites for hydroxylation is 1. The molecule has 10 rings (SSSR count). The van der Waals surface area contributed by atoms with E-state index in [1.807, 2.05) is 0 Å². The van der Waals surface area contributed by atoms with E-state index in [0.29, 0.717) is 49.2 Å². The number of hydrogen-bond acceptors (Lipinski definition) is 12. The number of morpholine rings is 1. The van der Waals surface area contributed by atoms with Crippen LogP contribution in [0.15, 0.2) is 67.1 Å². The third-order valence-corrected chi connectivity index (χ3v) is 13.7. The smallest absolute Gasteiger partial charge is 0.284 e. The van der Waals surface area contributed by atoms with Gasteiger partial charge in [-0.3, -0.25) is 38.9 Å². The fourth-order valence-electron chi connectivity index (χ4n) is 10.2. The number of benzene rings is 2. The summed E-state index contributed by atoms with van der Waals surface area (Å²) in [5.41, 5.74) is 3.50. The number of halogens is 2. The van der Waals surface area contributed by atoms with Gasteiger partial charge in [-0.2, -0.15) is 5.10 Å². The normalized spacial score (nSPS) is 22.7. The zero-order chi connectivity index (χ0) is 45.5. The first-order valence-electron chi connectivity index (χ1n) is 22.9. The average molecular weight is 904 g/mol. The lowest BCUT2D eigenvalue weighted by Crippen LogP contribution is -2.54. The lowest BCUT2D eigenvalue weighted by atomic mass is 9.86. The Morgan fingerprint density at radius 2 is 1.70 bits per heavy atom. The predicted molar refractivity (Wildman–Crippen MR) is 238 cm³/mol. The molecular formula is C47H51F2N11O6. The first kappa shape index (κ1) is 43.3. The fourth-order valence-corrected chi connectivity index (χ4v) is 10.2. The van der Waals surface area contributed by atoms with Crippen LogP contribution in [0.3, 0.4) is 0 Å². The lowest BCUT2D eigenvalue weighted by Gasteiger charge is -2.29. The summed E-state index contributed by atoms with van der Waals surface area (Å²) >= 11 is 0. The van der Waals surface area contributed by atoms with E-state index in [2.05, 4.69) is 65.6 Å². The van der Waals surface area contributed by atoms with E-state index in [4.69, 9.17) is 4.74 Å². The van der Waals surface area contributed by atoms with Crippen molar-refractivity contribution in [3.05, 3.63) is 101 Å². The molecule has 344 valence electrons. The van der Waals surface area contributed by atoms with Crippen LogP contribution in [0.2, 0.25) is 0 Å². The Balaban J connectivity index is 0.661. The van der Waals surface area contributed by atoms with E-state index < -0.39 is 47.7 Å². The molecule has 0 radical (unpaired) electrons. The highest BCUT2D eigenvalue weighted by Gasteiger charge is 2.46. The van der Waals surface area contributed by atoms with Crippen LogP contribution in [0.1, 0.15) is 112 Å². The van der Waals surface area contributed by atoms with Gasteiger partial charge in [0.25, 0.3) is 24.1 Å². The Bertz CT molecular complexity index is 2680. The van der Waals surface area contributed by atoms with E-state index in [0.717, 1.165) is 68.5 Å². The number of amides is 5. The van der Waals surface area contributed by atoms with Gasteiger partial charge in [0, 0.05) is 43.8 Å². The third kappa shape index (κ3) is 8.52. The van der Waals surface area contributed by atoms with Gasteiger partial charge in [0.1, 0.15) is 11.6 Å². The van der Waals surface area contributed by atoms with Gasteiger partial charge in [0.2, 0.25) is 11.8 Å². The number of alkyl halides is 2. The van der Waals surface area contributed by atoms with E-state index in [-0.39, 0.29) is 53.4 Å². The number of carbonyl (C=O) groups is 5. The SMILES string of the molecule is O=C1CCC(N2C(=O)c3cccc(NCCc4ccc(CCCNCC5CCC(n6cc(NC(=O)c7c(N8C[C@H]9C[C@@H]8CO9)nn8cccnc78)c(C(F)F)n6)CC5)cc4)c3C2=O)C(=O)N1. The van der Waals surface area contributed by atoms with Crippen LogP contribution in [0.25, 0.3) is 5.65 Å². The summed E-state index contributed by atoms with van der Waals surface area (Å²) in [5.74, 6) is -1.74. The molecule has 7 heterocycles. The number of piperidine rings is 1. The zero-order valence-corrected chi connectivity index (χ0v) is 36.3. The Kier molecular flexibility index (Phi) is 12.0. The molecule has 2 bridgehead atoms. The maximum absolute atomic E-state index is 14.4. The Morgan fingerprint density at radius 1 is 0.894 bits per heavy atom. The van der Waals surface area contributed by atoms with E-state index in [9.17, 15) is 32.8 Å². The molecule has 2 aromatic carbocycles. The number of carbonyl (C=O) groups excluding carboxylic acids is 5. The summed E-state index contributed by atoms with van der Waals surface area (Å²) in [6, 6.07) is 14.2. The van der Waals surface area contributed by atoms with Gasteiger partial charge in [-0.25, -0.2) is 18.3 Å². The molecule has 17 nitrogen and oxygen atoms in total. The van der Waals surface area contributed by atoms with Crippen LogP contribution in [0, 0.1) is 5.92 Å². The molecule has 3 saturated heterocycles. The fraction of sp³-hybridized carbons (Fsp3) is 0.447. The lowest BCUT2D eigenvalue weighted by molar-refractivity contribution is -0.136. The highest BCUT2D eigenvalue weighted by Crippen LogP contribution is 2.38. The maximum atomic E-state index is 14.4. The number of fused-ring (bicyclic) bond motifs is 4. The number of hydrogen-bond donors (Lipinski definition) is 4. The van der Waals surface area contributed by atoms with E-state index in [1.54, 1.807) is 52.1 Å². The first-order chi connectivity index (χ1) is 32.1. The second-order valence-electron chi connectivity index (χ2n) is 17.9. The molecule has 4 fully saturated rings. The van der Waals surface area contributed by atoms with Crippen molar-refractivity contribution < 1.29 is 37.5 Å². The quantitative estimate of drug-likeness (QED) is 0.0757. The number of aromatic nitrogens is 5. The van der Waals surface area contributed by atoms with Gasteiger partial charge in [-0.1, -0.05) is 30.3 Å². The van der Waals surface area contributed by atoms with Crippen molar-refractivity contribution in [3.63, 3.8) is 0 Å². The minimum Gasteiger partial charge on any atom is -0.384 e. The second kappa shape index (κ2) is 18.4. The first-order valence-corrected chi connectivity index (χ1v) is 22.9. The molecule has 3 aromatic heterocycles. The number of ether oxygens (including phenoxy) is 1. The van der Waals surface area contributed by atoms with Gasteiger partial charge < -0.3 is 25.6 Å². The van der Waals surface area contributed by atoms with E-state index in [1.165, 1.54) is 5.56 Å². The largest absolute Gasteiger partial charge is 0.384 e. The van der Waals surface area contributed by atoms with Gasteiger partial charge in [-0.05, 0) is 106 Å². The van der Waals surface area contributed by atoms with Crippen LogP contribution in [0.4, 0.5) is 26.0 Å². The second-order valence-corrected chi connectivity index (χ2v) is 17.9. The van der Waals surface area contributed by atoms with Gasteiger partial charge in [-0.15, -0.1) is 5.10 Å². The maximum Gasteiger partial charge on any atom is 0.284 e. The number of imide groups is 2. The average Bonchev–Trinajstić information content (AvgIpc) is 4.16. The minimum atomic E-state index is -2.87. The Hall–Kier alpha value is -6.60. The molecule has 1 saturated carbocycles. The van der Waals surface area contributed by atoms with Gasteiger partial charge in [0.15, 0.2) is 17.2 Å². The Labute approximate surface area is 378 Å². The van der Waals surface area contributed by atoms with Crippen LogP contribution in [-0.2, 0) is 27.2 Å². The molecule has 1 unspecified atom stereocenters. The van der Waals surface area contributed by atoms with Crippen molar-refractivity contribution in [1.29, 1.82) is 0 Å². The molecule has 0 spiro atoms. The number of nitrogens with zero attached hydrogens (tertiary/aromatic N) is 7. The topological polar surface area (TPSA) is 197 Å². The minimum absolute atomic E-state index is 0.00928. The number of anilines is 3. The molecule has 4 aliphatic heterocycles. The van der Waals surface area contributed by atoms with Crippen LogP contribution in [0.5, 0.6) is 0 Å². The molecule has 5 aromatic rings. The van der Waals surface area contributed by atoms with E-state index >= 15 is 0 Å². The van der Waals surface area contributed by atoms with Crippen molar-refractivity contribution >= 4 is 52.4 Å². The number of nitrogens with one attached hydrogen (secondary N) is 4. The molecular weight excluding hydrogens is 853 g/mol. The summed E-state index contributed by atoms with van der Waals surface area (Å²) in [6.07, 6.45) is 9.08. The molecule has 5 amide bonds. The highest BCUT2D eigenvalue weighted by molar-refractivity contribution is 6.25. The zero-order valence-electron chi connectivity index (χ0n) is 36.3. The van der Waals surface area contributed by atoms with Crippen molar-refractivity contribution in [2.75, 3.05) is 48.3 Å². The van der Waals surface area contributed by atoms with Crippen molar-refractivity contribution in [1.82, 2.24) is 39.9 Å². The Morgan fingerprint density at radius 3 is 2.44 bits per heavy atom. The molecule has 3 atom stereocenters. The summed E-state index contributed by atoms with van der Waals surface area (Å²) in [6.45, 7) is 3.41. The van der Waals surface area contributed by atoms with Gasteiger partial charge in [0.05, 0.1) is 41.6 Å². The summed E-state index contributed by atoms with van der Waals surface area (Å²) in [5, 5.41) is 20.9. The summed E-state index contributed by atoms with van der Waals surface area (Å²) < 4.78 is 37.6. The van der Waals surface area contributed by atoms with Gasteiger partial charge >= 0.3 is 0 Å². The van der Waals surface area contributed by atoms with Crippen LogP contribution < -0.4 is 26.2 Å². The standard InChI is InChI=1S/C47H51F2N11O6/c48-41(49)40-35(53-45(63)39-42-52-19-3-21-58(42)56-43(39)57-24-32-22-31(57)26-66-32)25-59(55-40)30-13-11-29(12-14-30)23-50-18-2-4-27-7-9-28(10-8-27)17-20-51-34-6-1-5-33-38(34)47(65)60(46(33)64)36-15-16-37(61)54-44(36)62/h1,3,5-10,19,21,25,29-32,36,41,50-51H,2,4,11-18,20,22-24,26H2,(H,53,63)(H,54,61,62)/t29?,30?,31-,32-,36?/m1/s1. The van der Waals surface area contributed by atoms with Crippen LogP contribution >= 0.6 is 0 Å². The van der Waals surface area contributed by atoms with Crippen molar-refractivity contribution in [3.8, 4) is 0 Å². The molecule has 4 N–H and O–H groups in total. The van der Waals surface area contributed by atoms with Crippen molar-refractivity contribution in [2.24, 2.45) is 5.92 Å². The van der Waals surface area contributed by atoms with Crippen LogP contribution in [-0.4, -0.2) is 110 Å². The molecule has 19 heteroatoms. The molecule has 5 aliphatic rings. The highest BCUT2D eigenvalue weighted by atomic mass is 19.3. The molecule has 1 aliphatic carbocycles.